The number of carbonyl (C=O) groups excluding carboxylic acids is 1. The minimum Gasteiger partial charge on any atom is -0.369 e. The van der Waals surface area contributed by atoms with Crippen molar-refractivity contribution in [2.45, 2.75) is 18.9 Å². The summed E-state index contributed by atoms with van der Waals surface area (Å²) in [6.07, 6.45) is 1.65. The Morgan fingerprint density at radius 1 is 1.50 bits per heavy atom. The highest BCUT2D eigenvalue weighted by Crippen LogP contribution is 2.32. The van der Waals surface area contributed by atoms with Crippen LogP contribution >= 0.6 is 22.9 Å². The SMILES string of the molecule is NCC(c1ccc(Cl)s1)N1CCC(C(N)=O)CC1. The average Bonchev–Trinajstić information content (AvgIpc) is 2.77. The number of thiophene rings is 1. The fourth-order valence-corrected chi connectivity index (χ4v) is 3.66. The lowest BCUT2D eigenvalue weighted by molar-refractivity contribution is -0.123. The van der Waals surface area contributed by atoms with Gasteiger partial charge in [-0.15, -0.1) is 11.3 Å². The molecular formula is C12H18ClN3OS. The first kappa shape index (κ1) is 13.8. The highest BCUT2D eigenvalue weighted by molar-refractivity contribution is 7.16. The van der Waals surface area contributed by atoms with E-state index in [0.29, 0.717) is 6.54 Å². The molecule has 0 radical (unpaired) electrons. The van der Waals surface area contributed by atoms with Gasteiger partial charge in [0.15, 0.2) is 0 Å². The predicted octanol–water partition coefficient (Wildman–Crippen LogP) is 1.60. The molecule has 2 heterocycles. The van der Waals surface area contributed by atoms with Crippen molar-refractivity contribution in [1.29, 1.82) is 0 Å². The van der Waals surface area contributed by atoms with Crippen LogP contribution in [0.4, 0.5) is 0 Å². The monoisotopic (exact) mass is 287 g/mol. The maximum Gasteiger partial charge on any atom is 0.220 e. The van der Waals surface area contributed by atoms with Crippen molar-refractivity contribution in [2.75, 3.05) is 19.6 Å². The van der Waals surface area contributed by atoms with Gasteiger partial charge in [0.25, 0.3) is 0 Å². The molecule has 4 nitrogen and oxygen atoms in total. The van der Waals surface area contributed by atoms with Crippen molar-refractivity contribution < 1.29 is 4.79 Å². The Balaban J connectivity index is 2.00. The Morgan fingerprint density at radius 2 is 2.17 bits per heavy atom. The summed E-state index contributed by atoms with van der Waals surface area (Å²) in [5, 5.41) is 0. The quantitative estimate of drug-likeness (QED) is 0.883. The van der Waals surface area contributed by atoms with Crippen LogP contribution in [0, 0.1) is 5.92 Å². The zero-order chi connectivity index (χ0) is 13.1. The van der Waals surface area contributed by atoms with Gasteiger partial charge in [-0.3, -0.25) is 9.69 Å². The number of nitrogens with zero attached hydrogens (tertiary/aromatic N) is 1. The second-order valence-corrected chi connectivity index (χ2v) is 6.35. The Kier molecular flexibility index (Phi) is 4.61. The average molecular weight is 288 g/mol. The summed E-state index contributed by atoms with van der Waals surface area (Å²) in [5.41, 5.74) is 11.2. The molecule has 1 aliphatic heterocycles. The molecule has 0 aliphatic carbocycles. The fourth-order valence-electron chi connectivity index (χ4n) is 2.45. The summed E-state index contributed by atoms with van der Waals surface area (Å²) in [7, 11) is 0. The molecule has 1 fully saturated rings. The Labute approximate surface area is 116 Å². The maximum absolute atomic E-state index is 11.1. The Morgan fingerprint density at radius 3 is 2.61 bits per heavy atom. The van der Waals surface area contributed by atoms with Gasteiger partial charge in [-0.05, 0) is 38.1 Å². The van der Waals surface area contributed by atoms with Crippen molar-refractivity contribution in [1.82, 2.24) is 4.90 Å². The molecule has 1 aromatic rings. The first-order valence-electron chi connectivity index (χ1n) is 6.10. The molecule has 0 bridgehead atoms. The number of halogens is 1. The van der Waals surface area contributed by atoms with Gasteiger partial charge in [-0.2, -0.15) is 0 Å². The number of piperidine rings is 1. The number of primary amides is 1. The molecule has 1 atom stereocenters. The van der Waals surface area contributed by atoms with Crippen LogP contribution in [0.15, 0.2) is 12.1 Å². The fraction of sp³-hybridized carbons (Fsp3) is 0.583. The summed E-state index contributed by atoms with van der Waals surface area (Å²) in [6.45, 7) is 2.30. The molecule has 1 saturated heterocycles. The van der Waals surface area contributed by atoms with Crippen LogP contribution in [0.3, 0.4) is 0 Å². The van der Waals surface area contributed by atoms with E-state index < -0.39 is 0 Å². The van der Waals surface area contributed by atoms with E-state index in [2.05, 4.69) is 4.90 Å². The van der Waals surface area contributed by atoms with Gasteiger partial charge < -0.3 is 11.5 Å². The lowest BCUT2D eigenvalue weighted by Crippen LogP contribution is -2.42. The minimum atomic E-state index is -0.182. The summed E-state index contributed by atoms with van der Waals surface area (Å²) >= 11 is 7.54. The number of hydrogen-bond acceptors (Lipinski definition) is 4. The van der Waals surface area contributed by atoms with E-state index in [1.54, 1.807) is 11.3 Å². The normalized spacial score (nSPS) is 19.9. The standard InChI is InChI=1S/C12H18ClN3OS/c13-11-2-1-10(18-11)9(7-14)16-5-3-8(4-6-16)12(15)17/h1-2,8-9H,3-7,14H2,(H2,15,17). The predicted molar refractivity (Wildman–Crippen MR) is 74.6 cm³/mol. The van der Waals surface area contributed by atoms with Gasteiger partial charge in [-0.25, -0.2) is 0 Å². The van der Waals surface area contributed by atoms with E-state index in [9.17, 15) is 4.79 Å². The van der Waals surface area contributed by atoms with E-state index in [1.165, 1.54) is 4.88 Å². The number of hydrogen-bond donors (Lipinski definition) is 2. The summed E-state index contributed by atoms with van der Waals surface area (Å²) in [5.74, 6) is -0.162. The maximum atomic E-state index is 11.1. The lowest BCUT2D eigenvalue weighted by atomic mass is 9.95. The van der Waals surface area contributed by atoms with Gasteiger partial charge in [-0.1, -0.05) is 11.6 Å². The third kappa shape index (κ3) is 3.03. The molecule has 100 valence electrons. The van der Waals surface area contributed by atoms with E-state index in [4.69, 9.17) is 23.1 Å². The van der Waals surface area contributed by atoms with Crippen LogP contribution < -0.4 is 11.5 Å². The Hall–Kier alpha value is -0.620. The highest BCUT2D eigenvalue weighted by Gasteiger charge is 2.28. The largest absolute Gasteiger partial charge is 0.369 e. The molecule has 0 saturated carbocycles. The second-order valence-electron chi connectivity index (χ2n) is 4.61. The lowest BCUT2D eigenvalue weighted by Gasteiger charge is -2.35. The zero-order valence-corrected chi connectivity index (χ0v) is 11.7. The molecule has 2 rings (SSSR count). The molecule has 1 aliphatic rings. The summed E-state index contributed by atoms with van der Waals surface area (Å²) in [6, 6.07) is 4.14. The van der Waals surface area contributed by atoms with Gasteiger partial charge in [0, 0.05) is 17.3 Å². The summed E-state index contributed by atoms with van der Waals surface area (Å²) < 4.78 is 0.787. The first-order chi connectivity index (χ1) is 8.61. The van der Waals surface area contributed by atoms with Crippen LogP contribution in [-0.4, -0.2) is 30.4 Å². The molecule has 18 heavy (non-hydrogen) atoms. The molecule has 1 unspecified atom stereocenters. The van der Waals surface area contributed by atoms with Crippen molar-refractivity contribution >= 4 is 28.8 Å². The number of likely N-dealkylation sites (tertiary alicyclic amines) is 1. The van der Waals surface area contributed by atoms with E-state index in [0.717, 1.165) is 30.3 Å². The van der Waals surface area contributed by atoms with Crippen molar-refractivity contribution in [2.24, 2.45) is 17.4 Å². The molecular weight excluding hydrogens is 270 g/mol. The van der Waals surface area contributed by atoms with Crippen molar-refractivity contribution in [3.8, 4) is 0 Å². The number of carbonyl (C=O) groups is 1. The van der Waals surface area contributed by atoms with E-state index in [1.807, 2.05) is 12.1 Å². The van der Waals surface area contributed by atoms with E-state index in [-0.39, 0.29) is 17.9 Å². The zero-order valence-electron chi connectivity index (χ0n) is 10.1. The molecule has 1 aromatic heterocycles. The van der Waals surface area contributed by atoms with Gasteiger partial charge >= 0.3 is 0 Å². The summed E-state index contributed by atoms with van der Waals surface area (Å²) in [4.78, 5) is 14.7. The van der Waals surface area contributed by atoms with Crippen LogP contribution in [0.25, 0.3) is 0 Å². The van der Waals surface area contributed by atoms with Gasteiger partial charge in [0.2, 0.25) is 5.91 Å². The third-order valence-corrected chi connectivity index (χ3v) is 4.85. The first-order valence-corrected chi connectivity index (χ1v) is 7.30. The Bertz CT molecular complexity index is 415. The molecule has 6 heteroatoms. The van der Waals surface area contributed by atoms with Crippen LogP contribution in [0.2, 0.25) is 4.34 Å². The topological polar surface area (TPSA) is 72.3 Å². The van der Waals surface area contributed by atoms with Gasteiger partial charge in [0.1, 0.15) is 0 Å². The number of amides is 1. The second kappa shape index (κ2) is 6.02. The van der Waals surface area contributed by atoms with Crippen LogP contribution in [0.1, 0.15) is 23.8 Å². The number of rotatable bonds is 4. The third-order valence-electron chi connectivity index (χ3n) is 3.52. The molecule has 0 aromatic carbocycles. The molecule has 4 N–H and O–H groups in total. The van der Waals surface area contributed by atoms with Crippen LogP contribution in [0.5, 0.6) is 0 Å². The van der Waals surface area contributed by atoms with Crippen LogP contribution in [-0.2, 0) is 4.79 Å². The van der Waals surface area contributed by atoms with E-state index >= 15 is 0 Å². The van der Waals surface area contributed by atoms with Crippen molar-refractivity contribution in [3.05, 3.63) is 21.3 Å². The highest BCUT2D eigenvalue weighted by atomic mass is 35.5. The molecule has 1 amide bonds. The number of nitrogens with two attached hydrogens (primary N) is 2. The molecule has 0 spiro atoms. The minimum absolute atomic E-state index is 0.0200. The smallest absolute Gasteiger partial charge is 0.220 e. The van der Waals surface area contributed by atoms with Crippen molar-refractivity contribution in [3.63, 3.8) is 0 Å². The van der Waals surface area contributed by atoms with Gasteiger partial charge in [0.05, 0.1) is 10.4 Å².